The molecular weight excluding hydrogens is 252 g/mol. The maximum Gasteiger partial charge on any atom is 0.236 e. The molecule has 0 bridgehead atoms. The molecule has 20 heavy (non-hydrogen) atoms. The Labute approximate surface area is 120 Å². The van der Waals surface area contributed by atoms with E-state index in [4.69, 9.17) is 4.74 Å². The Morgan fingerprint density at radius 3 is 2.90 bits per heavy atom. The number of hydrogen-bond acceptors (Lipinski definition) is 3. The van der Waals surface area contributed by atoms with Gasteiger partial charge in [-0.15, -0.1) is 0 Å². The van der Waals surface area contributed by atoms with Crippen LogP contribution in [0, 0.1) is 5.92 Å². The second-order valence-electron chi connectivity index (χ2n) is 5.78. The van der Waals surface area contributed by atoms with Gasteiger partial charge in [-0.05, 0) is 30.0 Å². The van der Waals surface area contributed by atoms with Crippen LogP contribution in [0.25, 0.3) is 0 Å². The van der Waals surface area contributed by atoms with Crippen molar-refractivity contribution in [2.75, 3.05) is 13.2 Å². The Morgan fingerprint density at radius 1 is 1.35 bits per heavy atom. The van der Waals surface area contributed by atoms with E-state index in [9.17, 15) is 4.79 Å². The molecule has 0 saturated heterocycles. The SMILES string of the molecule is CC(C)CNC(=O)C(C)NCc1ccc2c(c1)CCO2. The van der Waals surface area contributed by atoms with Crippen LogP contribution < -0.4 is 15.4 Å². The molecule has 1 amide bonds. The molecule has 2 N–H and O–H groups in total. The maximum atomic E-state index is 11.9. The molecule has 2 rings (SSSR count). The number of nitrogens with one attached hydrogen (secondary N) is 2. The minimum Gasteiger partial charge on any atom is -0.493 e. The molecule has 1 aliphatic heterocycles. The number of hydrogen-bond donors (Lipinski definition) is 2. The highest BCUT2D eigenvalue weighted by molar-refractivity contribution is 5.81. The lowest BCUT2D eigenvalue weighted by atomic mass is 10.1. The van der Waals surface area contributed by atoms with Crippen LogP contribution >= 0.6 is 0 Å². The molecule has 1 aromatic rings. The van der Waals surface area contributed by atoms with Crippen LogP contribution in [0.15, 0.2) is 18.2 Å². The standard InChI is InChI=1S/C16H24N2O2/c1-11(2)9-18-16(19)12(3)17-10-13-4-5-15-14(8-13)6-7-20-15/h4-5,8,11-12,17H,6-7,9-10H2,1-3H3,(H,18,19). The smallest absolute Gasteiger partial charge is 0.236 e. The summed E-state index contributed by atoms with van der Waals surface area (Å²) in [6.07, 6.45) is 0.980. The molecule has 4 nitrogen and oxygen atoms in total. The van der Waals surface area contributed by atoms with Gasteiger partial charge >= 0.3 is 0 Å². The number of carbonyl (C=O) groups excluding carboxylic acids is 1. The highest BCUT2D eigenvalue weighted by Gasteiger charge is 2.14. The molecule has 1 heterocycles. The summed E-state index contributed by atoms with van der Waals surface area (Å²) in [5.74, 6) is 1.53. The Balaban J connectivity index is 1.81. The predicted octanol–water partition coefficient (Wildman–Crippen LogP) is 1.87. The molecule has 1 unspecified atom stereocenters. The highest BCUT2D eigenvalue weighted by Crippen LogP contribution is 2.25. The number of ether oxygens (including phenoxy) is 1. The summed E-state index contributed by atoms with van der Waals surface area (Å²) in [6.45, 7) is 8.27. The third kappa shape index (κ3) is 3.97. The van der Waals surface area contributed by atoms with Gasteiger partial charge < -0.3 is 15.4 Å². The van der Waals surface area contributed by atoms with Crippen molar-refractivity contribution >= 4 is 5.91 Å². The quantitative estimate of drug-likeness (QED) is 0.834. The molecular formula is C16H24N2O2. The first-order chi connectivity index (χ1) is 9.56. The minimum atomic E-state index is -0.182. The number of fused-ring (bicyclic) bond motifs is 1. The molecule has 0 radical (unpaired) electrons. The predicted molar refractivity (Wildman–Crippen MR) is 79.8 cm³/mol. The third-order valence-electron chi connectivity index (χ3n) is 3.44. The van der Waals surface area contributed by atoms with Crippen molar-refractivity contribution in [3.05, 3.63) is 29.3 Å². The summed E-state index contributed by atoms with van der Waals surface area (Å²) >= 11 is 0. The van der Waals surface area contributed by atoms with E-state index < -0.39 is 0 Å². The van der Waals surface area contributed by atoms with Gasteiger partial charge in [0.05, 0.1) is 12.6 Å². The van der Waals surface area contributed by atoms with Crippen LogP contribution in [0.5, 0.6) is 5.75 Å². The number of rotatable bonds is 6. The van der Waals surface area contributed by atoms with E-state index in [0.717, 1.165) is 25.3 Å². The molecule has 110 valence electrons. The Bertz CT molecular complexity index is 472. The third-order valence-corrected chi connectivity index (χ3v) is 3.44. The Hall–Kier alpha value is -1.55. The van der Waals surface area contributed by atoms with Crippen molar-refractivity contribution in [1.82, 2.24) is 10.6 Å². The van der Waals surface area contributed by atoms with E-state index >= 15 is 0 Å². The topological polar surface area (TPSA) is 50.4 Å². The van der Waals surface area contributed by atoms with E-state index in [2.05, 4.69) is 36.6 Å². The largest absolute Gasteiger partial charge is 0.493 e. The molecule has 0 aromatic heterocycles. The van der Waals surface area contributed by atoms with E-state index in [-0.39, 0.29) is 11.9 Å². The highest BCUT2D eigenvalue weighted by atomic mass is 16.5. The summed E-state index contributed by atoms with van der Waals surface area (Å²) < 4.78 is 5.49. The minimum absolute atomic E-state index is 0.0585. The van der Waals surface area contributed by atoms with Gasteiger partial charge in [0, 0.05) is 19.5 Å². The average molecular weight is 276 g/mol. The van der Waals surface area contributed by atoms with Crippen molar-refractivity contribution in [2.45, 2.75) is 39.8 Å². The summed E-state index contributed by atoms with van der Waals surface area (Å²) in [5.41, 5.74) is 2.46. The van der Waals surface area contributed by atoms with Crippen molar-refractivity contribution in [3.63, 3.8) is 0 Å². The molecule has 1 atom stereocenters. The number of carbonyl (C=O) groups is 1. The van der Waals surface area contributed by atoms with Crippen LogP contribution in [0.1, 0.15) is 31.9 Å². The fourth-order valence-corrected chi connectivity index (χ4v) is 2.17. The summed E-state index contributed by atoms with van der Waals surface area (Å²) in [7, 11) is 0. The number of benzene rings is 1. The lowest BCUT2D eigenvalue weighted by Gasteiger charge is -2.15. The fourth-order valence-electron chi connectivity index (χ4n) is 2.17. The zero-order valence-electron chi connectivity index (χ0n) is 12.5. The van der Waals surface area contributed by atoms with Crippen LogP contribution in [0.2, 0.25) is 0 Å². The van der Waals surface area contributed by atoms with Gasteiger partial charge in [0.25, 0.3) is 0 Å². The van der Waals surface area contributed by atoms with Crippen LogP contribution in [-0.4, -0.2) is 25.1 Å². The van der Waals surface area contributed by atoms with E-state index in [1.807, 2.05) is 13.0 Å². The second-order valence-corrected chi connectivity index (χ2v) is 5.78. The normalized spacial score (nSPS) is 14.8. The Kier molecular flexibility index (Phi) is 5.01. The van der Waals surface area contributed by atoms with E-state index in [1.54, 1.807) is 0 Å². The van der Waals surface area contributed by atoms with Gasteiger partial charge in [-0.2, -0.15) is 0 Å². The van der Waals surface area contributed by atoms with Gasteiger partial charge in [0.2, 0.25) is 5.91 Å². The summed E-state index contributed by atoms with van der Waals surface area (Å²) in [6, 6.07) is 6.05. The first-order valence-corrected chi connectivity index (χ1v) is 7.32. The van der Waals surface area contributed by atoms with Crippen molar-refractivity contribution in [2.24, 2.45) is 5.92 Å². The average Bonchev–Trinajstić information content (AvgIpc) is 2.89. The van der Waals surface area contributed by atoms with E-state index in [1.165, 1.54) is 11.1 Å². The van der Waals surface area contributed by atoms with Gasteiger partial charge in [0.1, 0.15) is 5.75 Å². The first kappa shape index (κ1) is 14.9. The Morgan fingerprint density at radius 2 is 2.15 bits per heavy atom. The summed E-state index contributed by atoms with van der Waals surface area (Å²) in [4.78, 5) is 11.9. The lowest BCUT2D eigenvalue weighted by Crippen LogP contribution is -2.42. The van der Waals surface area contributed by atoms with Crippen LogP contribution in [-0.2, 0) is 17.8 Å². The lowest BCUT2D eigenvalue weighted by molar-refractivity contribution is -0.122. The zero-order chi connectivity index (χ0) is 14.5. The van der Waals surface area contributed by atoms with Crippen molar-refractivity contribution < 1.29 is 9.53 Å². The van der Waals surface area contributed by atoms with Crippen LogP contribution in [0.3, 0.4) is 0 Å². The van der Waals surface area contributed by atoms with Crippen molar-refractivity contribution in [3.8, 4) is 5.75 Å². The molecule has 0 fully saturated rings. The van der Waals surface area contributed by atoms with Crippen molar-refractivity contribution in [1.29, 1.82) is 0 Å². The molecule has 0 spiro atoms. The molecule has 0 saturated carbocycles. The molecule has 4 heteroatoms. The van der Waals surface area contributed by atoms with E-state index in [0.29, 0.717) is 12.5 Å². The van der Waals surface area contributed by atoms with Gasteiger partial charge in [-0.3, -0.25) is 4.79 Å². The monoisotopic (exact) mass is 276 g/mol. The first-order valence-electron chi connectivity index (χ1n) is 7.32. The molecule has 1 aromatic carbocycles. The number of amides is 1. The van der Waals surface area contributed by atoms with Gasteiger partial charge in [0.15, 0.2) is 0 Å². The van der Waals surface area contributed by atoms with Gasteiger partial charge in [-0.25, -0.2) is 0 Å². The zero-order valence-corrected chi connectivity index (χ0v) is 12.5. The second kappa shape index (κ2) is 6.75. The fraction of sp³-hybridized carbons (Fsp3) is 0.562. The molecule has 0 aliphatic carbocycles. The summed E-state index contributed by atoms with van der Waals surface area (Å²) in [5, 5.41) is 6.20. The maximum absolute atomic E-state index is 11.9. The molecule has 1 aliphatic rings. The van der Waals surface area contributed by atoms with Gasteiger partial charge in [-0.1, -0.05) is 26.0 Å². The van der Waals surface area contributed by atoms with Crippen LogP contribution in [0.4, 0.5) is 0 Å².